The third-order valence-electron chi connectivity index (χ3n) is 1.64. The fourth-order valence-corrected chi connectivity index (χ4v) is 0.913. The van der Waals surface area contributed by atoms with E-state index in [1.54, 1.807) is 7.11 Å². The van der Waals surface area contributed by atoms with Gasteiger partial charge >= 0.3 is 0 Å². The summed E-state index contributed by atoms with van der Waals surface area (Å²) in [4.78, 5) is 11.4. The van der Waals surface area contributed by atoms with Gasteiger partial charge in [0.25, 0.3) is 0 Å². The van der Waals surface area contributed by atoms with Gasteiger partial charge < -0.3 is 10.1 Å². The smallest absolute Gasteiger partial charge is 0.222 e. The maximum absolute atomic E-state index is 11.4. The minimum absolute atomic E-state index is 0.0217. The molecule has 0 heterocycles. The second kappa shape index (κ2) is 4.09. The first-order valence-corrected chi connectivity index (χ1v) is 4.52. The number of carbonyl (C=O) groups excluding carboxylic acids is 1. The molecule has 0 spiro atoms. The van der Waals surface area contributed by atoms with Gasteiger partial charge in [-0.2, -0.15) is 0 Å². The van der Waals surface area contributed by atoms with Crippen molar-refractivity contribution in [2.75, 3.05) is 7.11 Å². The number of ether oxygens (including phenoxy) is 1. The van der Waals surface area contributed by atoms with Crippen LogP contribution in [0.25, 0.3) is 0 Å². The molecule has 0 bridgehead atoms. The number of rotatable bonds is 3. The second-order valence-electron chi connectivity index (χ2n) is 5.00. The van der Waals surface area contributed by atoms with Crippen molar-refractivity contribution >= 4 is 5.91 Å². The maximum atomic E-state index is 11.4. The summed E-state index contributed by atoms with van der Waals surface area (Å²) < 4.78 is 5.09. The normalized spacial score (nSPS) is 12.8. The third kappa shape index (κ3) is 6.58. The first-order valence-electron chi connectivity index (χ1n) is 4.52. The Morgan fingerprint density at radius 1 is 1.23 bits per heavy atom. The Morgan fingerprint density at radius 3 is 2.00 bits per heavy atom. The molecule has 0 aromatic rings. The minimum atomic E-state index is -0.567. The first kappa shape index (κ1) is 12.4. The van der Waals surface area contributed by atoms with Gasteiger partial charge in [-0.1, -0.05) is 20.8 Å². The van der Waals surface area contributed by atoms with E-state index in [9.17, 15) is 4.79 Å². The molecule has 78 valence electrons. The van der Waals surface area contributed by atoms with Crippen LogP contribution in [0.3, 0.4) is 0 Å². The van der Waals surface area contributed by atoms with Crippen molar-refractivity contribution in [1.82, 2.24) is 5.32 Å². The highest BCUT2D eigenvalue weighted by Crippen LogP contribution is 2.18. The summed E-state index contributed by atoms with van der Waals surface area (Å²) in [6.07, 6.45) is 0.514. The van der Waals surface area contributed by atoms with Crippen LogP contribution in [0.5, 0.6) is 0 Å². The van der Waals surface area contributed by atoms with E-state index in [-0.39, 0.29) is 11.3 Å². The summed E-state index contributed by atoms with van der Waals surface area (Å²) in [6, 6.07) is 0. The van der Waals surface area contributed by atoms with Gasteiger partial charge in [0, 0.05) is 13.5 Å². The van der Waals surface area contributed by atoms with E-state index in [1.807, 2.05) is 34.6 Å². The molecule has 0 saturated heterocycles. The SMILES string of the molecule is COC(C)(C)NC(=O)CC(C)(C)C. The highest BCUT2D eigenvalue weighted by Gasteiger charge is 2.22. The van der Waals surface area contributed by atoms with E-state index in [0.717, 1.165) is 0 Å². The van der Waals surface area contributed by atoms with Crippen molar-refractivity contribution in [3.63, 3.8) is 0 Å². The summed E-state index contributed by atoms with van der Waals surface area (Å²) in [5, 5.41) is 2.80. The topological polar surface area (TPSA) is 38.3 Å². The lowest BCUT2D eigenvalue weighted by Crippen LogP contribution is -2.45. The summed E-state index contributed by atoms with van der Waals surface area (Å²) in [6.45, 7) is 9.76. The van der Waals surface area contributed by atoms with Crippen LogP contribution in [0.2, 0.25) is 0 Å². The molecule has 0 aliphatic rings. The molecule has 1 amide bonds. The molecular formula is C10H21NO2. The van der Waals surface area contributed by atoms with Crippen molar-refractivity contribution in [2.24, 2.45) is 5.41 Å². The molecule has 0 fully saturated rings. The highest BCUT2D eigenvalue weighted by molar-refractivity contribution is 5.77. The number of methoxy groups -OCH3 is 1. The number of amides is 1. The van der Waals surface area contributed by atoms with Gasteiger partial charge in [-0.3, -0.25) is 4.79 Å². The average molecular weight is 187 g/mol. The van der Waals surface area contributed by atoms with E-state index in [0.29, 0.717) is 6.42 Å². The Kier molecular flexibility index (Phi) is 3.91. The van der Waals surface area contributed by atoms with Crippen LogP contribution in [0.15, 0.2) is 0 Å². The zero-order chi connectivity index (χ0) is 10.7. The minimum Gasteiger partial charge on any atom is -0.360 e. The summed E-state index contributed by atoms with van der Waals surface area (Å²) in [5.74, 6) is 0.0272. The maximum Gasteiger partial charge on any atom is 0.222 e. The Bertz CT molecular complexity index is 180. The predicted molar refractivity (Wildman–Crippen MR) is 53.3 cm³/mol. The summed E-state index contributed by atoms with van der Waals surface area (Å²) in [5.41, 5.74) is -0.545. The average Bonchev–Trinajstić information content (AvgIpc) is 1.81. The lowest BCUT2D eigenvalue weighted by atomic mass is 9.92. The molecule has 0 aliphatic heterocycles. The van der Waals surface area contributed by atoms with Gasteiger partial charge in [0.2, 0.25) is 5.91 Å². The van der Waals surface area contributed by atoms with Gasteiger partial charge in [0.1, 0.15) is 5.72 Å². The second-order valence-corrected chi connectivity index (χ2v) is 5.00. The molecule has 0 rings (SSSR count). The van der Waals surface area contributed by atoms with E-state index in [1.165, 1.54) is 0 Å². The van der Waals surface area contributed by atoms with Crippen molar-refractivity contribution < 1.29 is 9.53 Å². The van der Waals surface area contributed by atoms with Crippen molar-refractivity contribution in [3.8, 4) is 0 Å². The van der Waals surface area contributed by atoms with Gasteiger partial charge in [-0.05, 0) is 19.3 Å². The van der Waals surface area contributed by atoms with Crippen LogP contribution in [0, 0.1) is 5.41 Å². The van der Waals surface area contributed by atoms with Gasteiger partial charge in [0.05, 0.1) is 0 Å². The zero-order valence-corrected chi connectivity index (χ0v) is 9.52. The summed E-state index contributed by atoms with van der Waals surface area (Å²) in [7, 11) is 1.58. The molecule has 13 heavy (non-hydrogen) atoms. The Morgan fingerprint density at radius 2 is 1.69 bits per heavy atom. The van der Waals surface area contributed by atoms with Crippen molar-refractivity contribution in [1.29, 1.82) is 0 Å². The Labute approximate surface area is 80.8 Å². The van der Waals surface area contributed by atoms with Crippen molar-refractivity contribution in [2.45, 2.75) is 46.8 Å². The quantitative estimate of drug-likeness (QED) is 0.685. The van der Waals surface area contributed by atoms with Crippen LogP contribution < -0.4 is 5.32 Å². The lowest BCUT2D eigenvalue weighted by molar-refractivity contribution is -0.130. The van der Waals surface area contributed by atoms with Gasteiger partial charge in [-0.25, -0.2) is 0 Å². The fraction of sp³-hybridized carbons (Fsp3) is 0.900. The molecule has 3 heteroatoms. The van der Waals surface area contributed by atoms with Crippen LogP contribution in [-0.2, 0) is 9.53 Å². The molecule has 0 aromatic carbocycles. The van der Waals surface area contributed by atoms with Crippen LogP contribution >= 0.6 is 0 Å². The summed E-state index contributed by atoms with van der Waals surface area (Å²) >= 11 is 0. The van der Waals surface area contributed by atoms with Crippen molar-refractivity contribution in [3.05, 3.63) is 0 Å². The monoisotopic (exact) mass is 187 g/mol. The molecule has 3 nitrogen and oxygen atoms in total. The molecule has 0 aliphatic carbocycles. The van der Waals surface area contributed by atoms with Crippen LogP contribution in [-0.4, -0.2) is 18.7 Å². The van der Waals surface area contributed by atoms with Crippen LogP contribution in [0.1, 0.15) is 41.0 Å². The van der Waals surface area contributed by atoms with Gasteiger partial charge in [-0.15, -0.1) is 0 Å². The molecule has 0 aromatic heterocycles. The highest BCUT2D eigenvalue weighted by atomic mass is 16.5. The fourth-order valence-electron chi connectivity index (χ4n) is 0.913. The standard InChI is InChI=1S/C10H21NO2/c1-9(2,3)7-8(12)11-10(4,5)13-6/h7H2,1-6H3,(H,11,12). The number of hydrogen-bond acceptors (Lipinski definition) is 2. The van der Waals surface area contributed by atoms with E-state index >= 15 is 0 Å². The molecule has 0 unspecified atom stereocenters. The number of nitrogens with one attached hydrogen (secondary N) is 1. The number of hydrogen-bond donors (Lipinski definition) is 1. The third-order valence-corrected chi connectivity index (χ3v) is 1.64. The molecular weight excluding hydrogens is 166 g/mol. The van der Waals surface area contributed by atoms with Crippen LogP contribution in [0.4, 0.5) is 0 Å². The molecule has 0 saturated carbocycles. The Balaban J connectivity index is 4.03. The molecule has 1 N–H and O–H groups in total. The first-order chi connectivity index (χ1) is 5.66. The zero-order valence-electron chi connectivity index (χ0n) is 9.52. The largest absolute Gasteiger partial charge is 0.360 e. The van der Waals surface area contributed by atoms with E-state index in [4.69, 9.17) is 4.74 Å². The molecule has 0 radical (unpaired) electrons. The Hall–Kier alpha value is -0.570. The number of carbonyl (C=O) groups is 1. The predicted octanol–water partition coefficient (Wildman–Crippen LogP) is 1.92. The van der Waals surface area contributed by atoms with Gasteiger partial charge in [0.15, 0.2) is 0 Å². The molecule has 0 atom stereocenters. The van der Waals surface area contributed by atoms with E-state index in [2.05, 4.69) is 5.32 Å². The lowest BCUT2D eigenvalue weighted by Gasteiger charge is -2.26. The van der Waals surface area contributed by atoms with E-state index < -0.39 is 5.72 Å².